The number of nitrogens with one attached hydrogen (secondary N) is 1. The SMILES string of the molecule is COc1cccc(OCCOc2ccc(/C=C(/C#N)C(=O)Nc3nc(S(=O)(=O)CC(C)C)ns3)cc2)c1. The van der Waals surface area contributed by atoms with Gasteiger partial charge in [-0.3, -0.25) is 10.1 Å². The Labute approximate surface area is 219 Å². The number of carbonyl (C=O) groups excluding carboxylic acids is 1. The molecule has 3 aromatic rings. The molecule has 0 spiro atoms. The van der Waals surface area contributed by atoms with Gasteiger partial charge in [-0.1, -0.05) is 32.0 Å². The summed E-state index contributed by atoms with van der Waals surface area (Å²) in [4.78, 5) is 16.4. The van der Waals surface area contributed by atoms with Crippen molar-refractivity contribution in [2.24, 2.45) is 5.92 Å². The fourth-order valence-corrected chi connectivity index (χ4v) is 5.40. The van der Waals surface area contributed by atoms with Crippen LogP contribution in [0.3, 0.4) is 0 Å². The lowest BCUT2D eigenvalue weighted by molar-refractivity contribution is -0.112. The Morgan fingerprint density at radius 2 is 1.78 bits per heavy atom. The summed E-state index contributed by atoms with van der Waals surface area (Å²) in [6, 6.07) is 15.9. The molecule has 0 saturated carbocycles. The number of ether oxygens (including phenoxy) is 3. The summed E-state index contributed by atoms with van der Waals surface area (Å²) in [6.45, 7) is 4.19. The molecule has 0 aliphatic carbocycles. The molecule has 1 aromatic heterocycles. The number of benzene rings is 2. The van der Waals surface area contributed by atoms with Crippen LogP contribution in [0.25, 0.3) is 6.08 Å². The van der Waals surface area contributed by atoms with Crippen molar-refractivity contribution in [1.82, 2.24) is 9.36 Å². The second-order valence-electron chi connectivity index (χ2n) is 8.13. The van der Waals surface area contributed by atoms with Crippen molar-refractivity contribution in [3.63, 3.8) is 0 Å². The third-order valence-electron chi connectivity index (χ3n) is 4.68. The topological polar surface area (TPSA) is 140 Å². The van der Waals surface area contributed by atoms with Gasteiger partial charge in [-0.25, -0.2) is 8.42 Å². The number of methoxy groups -OCH3 is 1. The van der Waals surface area contributed by atoms with Crippen molar-refractivity contribution in [3.05, 3.63) is 59.7 Å². The maximum Gasteiger partial charge on any atom is 0.268 e. The van der Waals surface area contributed by atoms with Gasteiger partial charge in [0.25, 0.3) is 11.1 Å². The molecule has 194 valence electrons. The third-order valence-corrected chi connectivity index (χ3v) is 7.27. The average molecular weight is 543 g/mol. The monoisotopic (exact) mass is 542 g/mol. The van der Waals surface area contributed by atoms with Crippen LogP contribution in [-0.2, 0) is 14.6 Å². The van der Waals surface area contributed by atoms with E-state index in [2.05, 4.69) is 14.7 Å². The number of carbonyl (C=O) groups is 1. The number of hydrogen-bond acceptors (Lipinski definition) is 10. The number of nitrogens with zero attached hydrogens (tertiary/aromatic N) is 3. The normalized spacial score (nSPS) is 11.6. The molecular formula is C25H26N4O6S2. The van der Waals surface area contributed by atoms with Crippen molar-refractivity contribution in [2.75, 3.05) is 31.4 Å². The Kier molecular flexibility index (Phi) is 9.59. The summed E-state index contributed by atoms with van der Waals surface area (Å²) >= 11 is 0.736. The molecule has 2 aromatic carbocycles. The van der Waals surface area contributed by atoms with Gasteiger partial charge in [0.05, 0.1) is 12.9 Å². The van der Waals surface area contributed by atoms with E-state index in [1.807, 2.05) is 24.3 Å². The first-order valence-electron chi connectivity index (χ1n) is 11.2. The van der Waals surface area contributed by atoms with Crippen molar-refractivity contribution >= 4 is 38.5 Å². The highest BCUT2D eigenvalue weighted by Crippen LogP contribution is 2.20. The van der Waals surface area contributed by atoms with E-state index in [4.69, 9.17) is 14.2 Å². The highest BCUT2D eigenvalue weighted by Gasteiger charge is 2.23. The minimum Gasteiger partial charge on any atom is -0.497 e. The summed E-state index contributed by atoms with van der Waals surface area (Å²) in [5.41, 5.74) is 0.422. The number of aromatic nitrogens is 2. The summed E-state index contributed by atoms with van der Waals surface area (Å²) in [5, 5.41) is 11.5. The predicted octanol–water partition coefficient (Wildman–Crippen LogP) is 3.98. The largest absolute Gasteiger partial charge is 0.497 e. The first kappa shape index (κ1) is 27.6. The number of sulfone groups is 1. The fourth-order valence-electron chi connectivity index (χ4n) is 3.05. The smallest absolute Gasteiger partial charge is 0.268 e. The van der Waals surface area contributed by atoms with Gasteiger partial charge in [-0.2, -0.15) is 14.6 Å². The Morgan fingerprint density at radius 1 is 1.11 bits per heavy atom. The van der Waals surface area contributed by atoms with Crippen LogP contribution in [0.1, 0.15) is 19.4 Å². The predicted molar refractivity (Wildman–Crippen MR) is 139 cm³/mol. The highest BCUT2D eigenvalue weighted by atomic mass is 32.2. The van der Waals surface area contributed by atoms with Gasteiger partial charge in [0.15, 0.2) is 0 Å². The van der Waals surface area contributed by atoms with Gasteiger partial charge in [0.2, 0.25) is 15.0 Å². The molecule has 3 rings (SSSR count). The summed E-state index contributed by atoms with van der Waals surface area (Å²) in [6.07, 6.45) is 1.41. The molecule has 0 radical (unpaired) electrons. The van der Waals surface area contributed by atoms with Crippen molar-refractivity contribution in [1.29, 1.82) is 5.26 Å². The van der Waals surface area contributed by atoms with E-state index in [0.29, 0.717) is 36.0 Å². The Balaban J connectivity index is 1.54. The van der Waals surface area contributed by atoms with Crippen molar-refractivity contribution in [2.45, 2.75) is 19.0 Å². The van der Waals surface area contributed by atoms with E-state index >= 15 is 0 Å². The van der Waals surface area contributed by atoms with E-state index in [1.54, 1.807) is 51.3 Å². The summed E-state index contributed by atoms with van der Waals surface area (Å²) in [7, 11) is -2.06. The molecular weight excluding hydrogens is 516 g/mol. The zero-order chi connectivity index (χ0) is 26.8. The molecule has 0 atom stereocenters. The van der Waals surface area contributed by atoms with Crippen LogP contribution in [0, 0.1) is 17.2 Å². The fraction of sp³-hybridized carbons (Fsp3) is 0.280. The Morgan fingerprint density at radius 3 is 2.43 bits per heavy atom. The van der Waals surface area contributed by atoms with E-state index in [9.17, 15) is 18.5 Å². The summed E-state index contributed by atoms with van der Waals surface area (Å²) < 4.78 is 44.8. The average Bonchev–Trinajstić information content (AvgIpc) is 3.35. The number of amides is 1. The zero-order valence-corrected chi connectivity index (χ0v) is 22.1. The quantitative estimate of drug-likeness (QED) is 0.204. The zero-order valence-electron chi connectivity index (χ0n) is 20.5. The molecule has 0 unspecified atom stereocenters. The van der Waals surface area contributed by atoms with Crippen LogP contribution >= 0.6 is 11.5 Å². The highest BCUT2D eigenvalue weighted by molar-refractivity contribution is 7.91. The van der Waals surface area contributed by atoms with Crippen LogP contribution in [0.2, 0.25) is 0 Å². The molecule has 0 saturated heterocycles. The van der Waals surface area contributed by atoms with E-state index in [-0.39, 0.29) is 27.5 Å². The van der Waals surface area contributed by atoms with Crippen LogP contribution in [-0.4, -0.2) is 49.8 Å². The number of nitriles is 1. The number of hydrogen-bond donors (Lipinski definition) is 1. The minimum absolute atomic E-state index is 0.00612. The lowest BCUT2D eigenvalue weighted by atomic mass is 10.1. The van der Waals surface area contributed by atoms with Gasteiger partial charge in [0.1, 0.15) is 42.1 Å². The Bertz CT molecular complexity index is 1390. The van der Waals surface area contributed by atoms with Crippen LogP contribution in [0.4, 0.5) is 5.13 Å². The van der Waals surface area contributed by atoms with E-state index < -0.39 is 15.7 Å². The van der Waals surface area contributed by atoms with Gasteiger partial charge >= 0.3 is 0 Å². The molecule has 10 nitrogen and oxygen atoms in total. The minimum atomic E-state index is -3.65. The van der Waals surface area contributed by atoms with Gasteiger partial charge < -0.3 is 14.2 Å². The van der Waals surface area contributed by atoms with E-state index in [1.165, 1.54) is 6.08 Å². The maximum absolute atomic E-state index is 12.5. The Hall–Kier alpha value is -3.95. The molecule has 0 aliphatic rings. The van der Waals surface area contributed by atoms with Crippen molar-refractivity contribution < 1.29 is 27.4 Å². The van der Waals surface area contributed by atoms with Gasteiger partial charge in [-0.05, 0) is 41.8 Å². The third kappa shape index (κ3) is 8.30. The standard InChI is InChI=1S/C25H26N4O6S2/c1-17(2)16-37(31,32)25-28-24(36-29-25)27-23(30)19(15-26)13-18-7-9-20(10-8-18)34-11-12-35-22-6-4-5-21(14-22)33-3/h4-10,13-14,17H,11-12,16H2,1-3H3,(H,27,28,29,30)/b19-13-. The molecule has 37 heavy (non-hydrogen) atoms. The van der Waals surface area contributed by atoms with Crippen LogP contribution in [0.15, 0.2) is 59.3 Å². The number of rotatable bonds is 12. The molecule has 12 heteroatoms. The van der Waals surface area contributed by atoms with Gasteiger partial charge in [0, 0.05) is 17.6 Å². The van der Waals surface area contributed by atoms with Crippen molar-refractivity contribution in [3.8, 4) is 23.3 Å². The lowest BCUT2D eigenvalue weighted by Crippen LogP contribution is -2.15. The molecule has 1 N–H and O–H groups in total. The first-order valence-corrected chi connectivity index (χ1v) is 13.6. The molecule has 1 amide bonds. The second kappa shape index (κ2) is 12.8. The second-order valence-corrected chi connectivity index (χ2v) is 10.8. The molecule has 1 heterocycles. The maximum atomic E-state index is 12.5. The van der Waals surface area contributed by atoms with Crippen LogP contribution < -0.4 is 19.5 Å². The number of anilines is 1. The molecule has 0 aliphatic heterocycles. The molecule has 0 bridgehead atoms. The molecule has 0 fully saturated rings. The first-order chi connectivity index (χ1) is 17.7. The van der Waals surface area contributed by atoms with E-state index in [0.717, 1.165) is 11.5 Å². The van der Waals surface area contributed by atoms with Gasteiger partial charge in [-0.15, -0.1) is 0 Å². The lowest BCUT2D eigenvalue weighted by Gasteiger charge is -2.09. The summed E-state index contributed by atoms with van der Waals surface area (Å²) in [5.74, 6) is 1.06. The van der Waals surface area contributed by atoms with Crippen LogP contribution in [0.5, 0.6) is 17.2 Å².